The fourth-order valence-corrected chi connectivity index (χ4v) is 1.21. The Labute approximate surface area is 100 Å². The topological polar surface area (TPSA) is 72.8 Å². The summed E-state index contributed by atoms with van der Waals surface area (Å²) >= 11 is 0. The molecular weight excluding hydrogens is 216 g/mol. The number of benzene rings is 1. The Bertz CT molecular complexity index is 461. The third-order valence-corrected chi connectivity index (χ3v) is 2.15. The molecule has 1 aromatic carbocycles. The highest BCUT2D eigenvalue weighted by atomic mass is 16.2. The van der Waals surface area contributed by atoms with E-state index in [0.717, 1.165) is 5.56 Å². The van der Waals surface area contributed by atoms with Crippen molar-refractivity contribution in [1.29, 1.82) is 5.26 Å². The molecule has 0 saturated heterocycles. The van der Waals surface area contributed by atoms with E-state index in [1.54, 1.807) is 24.3 Å². The Morgan fingerprint density at radius 1 is 1.59 bits per heavy atom. The molecule has 0 aromatic heterocycles. The molecule has 1 atom stereocenters. The number of carbonyl (C=O) groups is 1. The van der Waals surface area contributed by atoms with Crippen molar-refractivity contribution in [2.75, 3.05) is 11.9 Å². The minimum absolute atomic E-state index is 0.276. The molecule has 1 aromatic rings. The monoisotopic (exact) mass is 229 g/mol. The van der Waals surface area contributed by atoms with E-state index in [9.17, 15) is 9.90 Å². The summed E-state index contributed by atoms with van der Waals surface area (Å²) in [5, 5.41) is 21.5. The average molecular weight is 229 g/mol. The molecule has 0 aliphatic rings. The molecule has 0 aliphatic heterocycles. The van der Waals surface area contributed by atoms with Crippen molar-refractivity contribution < 1.29 is 9.90 Å². The lowest BCUT2D eigenvalue weighted by atomic mass is 10.1. The first-order valence-corrected chi connectivity index (χ1v) is 5.22. The summed E-state index contributed by atoms with van der Waals surface area (Å²) in [6.45, 7) is 1.26. The first-order valence-electron chi connectivity index (χ1n) is 5.22. The van der Waals surface area contributed by atoms with Crippen LogP contribution in [0.2, 0.25) is 0 Å². The van der Waals surface area contributed by atoms with E-state index in [4.69, 9.17) is 5.26 Å². The van der Waals surface area contributed by atoms with Gasteiger partial charge in [0.2, 0.25) is 5.91 Å². The van der Waals surface area contributed by atoms with Gasteiger partial charge in [-0.3, -0.25) is 4.79 Å². The molecule has 4 nitrogen and oxygen atoms in total. The number of amides is 1. The fraction of sp³-hybridized carbons (Fsp3) is 0.231. The Morgan fingerprint density at radius 3 is 3.00 bits per heavy atom. The molecule has 1 rings (SSSR count). The van der Waals surface area contributed by atoms with E-state index >= 15 is 0 Å². The molecule has 4 heteroatoms. The third kappa shape index (κ3) is 4.09. The van der Waals surface area contributed by atoms with Gasteiger partial charge in [-0.25, -0.2) is 5.11 Å². The molecule has 0 saturated carbocycles. The molecule has 0 spiro atoms. The van der Waals surface area contributed by atoms with Crippen LogP contribution in [0.4, 0.5) is 5.69 Å². The van der Waals surface area contributed by atoms with Crippen LogP contribution in [0.3, 0.4) is 0 Å². The van der Waals surface area contributed by atoms with Crippen LogP contribution in [0.5, 0.6) is 0 Å². The van der Waals surface area contributed by atoms with Gasteiger partial charge in [0.25, 0.3) is 0 Å². The fourth-order valence-electron chi connectivity index (χ4n) is 1.21. The number of nitrogens with one attached hydrogen (secondary N) is 1. The Kier molecular flexibility index (Phi) is 4.92. The normalized spacial score (nSPS) is 12.1. The predicted molar refractivity (Wildman–Crippen MR) is 64.4 cm³/mol. The molecule has 1 unspecified atom stereocenters. The summed E-state index contributed by atoms with van der Waals surface area (Å²) in [4.78, 5) is 11.5. The van der Waals surface area contributed by atoms with E-state index < -0.39 is 5.92 Å². The van der Waals surface area contributed by atoms with Crippen molar-refractivity contribution in [2.24, 2.45) is 5.92 Å². The van der Waals surface area contributed by atoms with E-state index in [1.165, 1.54) is 13.0 Å². The zero-order valence-corrected chi connectivity index (χ0v) is 9.51. The van der Waals surface area contributed by atoms with Gasteiger partial charge in [-0.15, -0.1) is 0 Å². The zero-order valence-electron chi connectivity index (χ0n) is 9.51. The van der Waals surface area contributed by atoms with Crippen molar-refractivity contribution in [1.82, 2.24) is 0 Å². The summed E-state index contributed by atoms with van der Waals surface area (Å²) in [5.41, 5.74) is 1.45. The molecule has 1 N–H and O–H groups in total. The largest absolute Gasteiger partial charge is 0.325 e. The summed E-state index contributed by atoms with van der Waals surface area (Å²) in [7, 11) is 0. The highest BCUT2D eigenvalue weighted by Crippen LogP contribution is 2.13. The summed E-state index contributed by atoms with van der Waals surface area (Å²) in [6, 6.07) is 8.95. The molecular formula is C13H13N2O2. The maximum Gasteiger partial charge on any atom is 0.241 e. The molecule has 0 fully saturated rings. The second-order valence-corrected chi connectivity index (χ2v) is 3.53. The Hall–Kier alpha value is -2.12. The van der Waals surface area contributed by atoms with Gasteiger partial charge in [-0.2, -0.15) is 5.26 Å². The SMILES string of the molecule is CC(C#N)C(=O)Nc1cccc(/C=C/C[O])c1. The van der Waals surface area contributed by atoms with Gasteiger partial charge >= 0.3 is 0 Å². The van der Waals surface area contributed by atoms with Crippen molar-refractivity contribution in [2.45, 2.75) is 6.92 Å². The zero-order chi connectivity index (χ0) is 12.7. The number of hydrogen-bond acceptors (Lipinski definition) is 2. The van der Waals surface area contributed by atoms with E-state index in [-0.39, 0.29) is 12.5 Å². The standard InChI is InChI=1S/C13H13N2O2/c1-10(9-14)13(17)15-12-6-2-4-11(8-12)5-3-7-16/h2-6,8,10H,7H2,1H3,(H,15,17)/b5-3+. The van der Waals surface area contributed by atoms with Crippen LogP contribution in [-0.4, -0.2) is 12.5 Å². The maximum absolute atomic E-state index is 11.5. The first-order chi connectivity index (χ1) is 8.17. The predicted octanol–water partition coefficient (Wildman–Crippen LogP) is 2.23. The average Bonchev–Trinajstić information content (AvgIpc) is 2.35. The van der Waals surface area contributed by atoms with Crippen LogP contribution in [0.1, 0.15) is 12.5 Å². The van der Waals surface area contributed by atoms with Gasteiger partial charge in [0.05, 0.1) is 6.07 Å². The third-order valence-electron chi connectivity index (χ3n) is 2.15. The van der Waals surface area contributed by atoms with E-state index in [1.807, 2.05) is 12.1 Å². The second-order valence-electron chi connectivity index (χ2n) is 3.53. The highest BCUT2D eigenvalue weighted by molar-refractivity contribution is 5.94. The van der Waals surface area contributed by atoms with Crippen molar-refractivity contribution >= 4 is 17.7 Å². The molecule has 0 heterocycles. The smallest absolute Gasteiger partial charge is 0.241 e. The molecule has 1 amide bonds. The van der Waals surface area contributed by atoms with Gasteiger partial charge in [0, 0.05) is 5.69 Å². The van der Waals surface area contributed by atoms with E-state index in [0.29, 0.717) is 5.69 Å². The van der Waals surface area contributed by atoms with Gasteiger partial charge in [0.1, 0.15) is 12.5 Å². The van der Waals surface area contributed by atoms with Crippen LogP contribution in [-0.2, 0) is 9.90 Å². The highest BCUT2D eigenvalue weighted by Gasteiger charge is 2.11. The molecule has 87 valence electrons. The lowest BCUT2D eigenvalue weighted by molar-refractivity contribution is -0.117. The number of nitrogens with zero attached hydrogens (tertiary/aromatic N) is 1. The van der Waals surface area contributed by atoms with Crippen molar-refractivity contribution in [3.8, 4) is 6.07 Å². The number of carbonyl (C=O) groups excluding carboxylic acids is 1. The van der Waals surface area contributed by atoms with Crippen LogP contribution in [0.25, 0.3) is 6.08 Å². The minimum Gasteiger partial charge on any atom is -0.325 e. The number of nitriles is 1. The summed E-state index contributed by atoms with van der Waals surface area (Å²) in [5.74, 6) is -1.02. The number of anilines is 1. The first kappa shape index (κ1) is 12.9. The maximum atomic E-state index is 11.5. The molecule has 1 radical (unpaired) electrons. The van der Waals surface area contributed by atoms with Crippen LogP contribution in [0.15, 0.2) is 30.3 Å². The van der Waals surface area contributed by atoms with Gasteiger partial charge in [-0.1, -0.05) is 24.3 Å². The minimum atomic E-state index is -0.684. The molecule has 0 aliphatic carbocycles. The number of hydrogen-bond donors (Lipinski definition) is 1. The number of rotatable bonds is 4. The Balaban J connectivity index is 2.76. The molecule has 17 heavy (non-hydrogen) atoms. The van der Waals surface area contributed by atoms with Crippen molar-refractivity contribution in [3.05, 3.63) is 35.9 Å². The van der Waals surface area contributed by atoms with Crippen LogP contribution < -0.4 is 5.32 Å². The quantitative estimate of drug-likeness (QED) is 0.859. The van der Waals surface area contributed by atoms with Gasteiger partial charge in [-0.05, 0) is 24.6 Å². The summed E-state index contributed by atoms with van der Waals surface area (Å²) < 4.78 is 0. The van der Waals surface area contributed by atoms with Crippen LogP contribution >= 0.6 is 0 Å². The lowest BCUT2D eigenvalue weighted by Gasteiger charge is -2.06. The Morgan fingerprint density at radius 2 is 2.35 bits per heavy atom. The van der Waals surface area contributed by atoms with Crippen LogP contribution in [0, 0.1) is 17.2 Å². The van der Waals surface area contributed by atoms with Crippen molar-refractivity contribution in [3.63, 3.8) is 0 Å². The second kappa shape index (κ2) is 6.46. The lowest BCUT2D eigenvalue weighted by Crippen LogP contribution is -2.18. The summed E-state index contributed by atoms with van der Waals surface area (Å²) in [6.07, 6.45) is 3.19. The van der Waals surface area contributed by atoms with Gasteiger partial charge < -0.3 is 5.32 Å². The van der Waals surface area contributed by atoms with E-state index in [2.05, 4.69) is 5.32 Å². The molecule has 0 bridgehead atoms. The van der Waals surface area contributed by atoms with Gasteiger partial charge in [0.15, 0.2) is 0 Å².